The minimum absolute atomic E-state index is 0.487. The predicted octanol–water partition coefficient (Wildman–Crippen LogP) is 3.60. The van der Waals surface area contributed by atoms with Gasteiger partial charge in [-0.2, -0.15) is 9.61 Å². The van der Waals surface area contributed by atoms with E-state index in [1.165, 1.54) is 5.56 Å². The lowest BCUT2D eigenvalue weighted by Gasteiger charge is -2.33. The van der Waals surface area contributed by atoms with E-state index in [4.69, 9.17) is 10.7 Å². The first-order valence-corrected chi connectivity index (χ1v) is 9.50. The fraction of sp³-hybridized carbons (Fsp3) is 0.429. The average Bonchev–Trinajstić information content (AvgIpc) is 3.04. The lowest BCUT2D eigenvalue weighted by atomic mass is 9.92. The second kappa shape index (κ2) is 7.08. The molecule has 1 atom stereocenters. The minimum atomic E-state index is 0.487. The number of piperidine rings is 1. The van der Waals surface area contributed by atoms with Crippen LogP contribution >= 0.6 is 0 Å². The van der Waals surface area contributed by atoms with Crippen LogP contribution in [0.3, 0.4) is 0 Å². The van der Waals surface area contributed by atoms with Crippen LogP contribution in [0.2, 0.25) is 0 Å². The molecule has 136 valence electrons. The fourth-order valence-corrected chi connectivity index (χ4v) is 4.03. The van der Waals surface area contributed by atoms with E-state index in [2.05, 4.69) is 47.3 Å². The van der Waals surface area contributed by atoms with Crippen molar-refractivity contribution >= 4 is 11.5 Å². The topological polar surface area (TPSA) is 59.5 Å². The highest BCUT2D eigenvalue weighted by Gasteiger charge is 2.24. The Morgan fingerprint density at radius 2 is 1.88 bits per heavy atom. The SMILES string of the molecule is Cc1cc2nc(C3CCN(C[C@@H](C)c4ccccc4)CC3)cc(N)n2n1. The second-order valence-corrected chi connectivity index (χ2v) is 7.55. The highest BCUT2D eigenvalue weighted by atomic mass is 15.3. The lowest BCUT2D eigenvalue weighted by Crippen LogP contribution is -2.35. The first-order valence-electron chi connectivity index (χ1n) is 9.50. The van der Waals surface area contributed by atoms with Crippen molar-refractivity contribution < 1.29 is 0 Å². The van der Waals surface area contributed by atoms with Crippen LogP contribution in [-0.4, -0.2) is 39.1 Å². The van der Waals surface area contributed by atoms with Gasteiger partial charge in [0.05, 0.1) is 5.69 Å². The van der Waals surface area contributed by atoms with E-state index in [0.29, 0.717) is 17.7 Å². The van der Waals surface area contributed by atoms with Crippen LogP contribution in [0, 0.1) is 6.92 Å². The van der Waals surface area contributed by atoms with Crippen molar-refractivity contribution in [2.45, 2.75) is 38.5 Å². The number of rotatable bonds is 4. The number of aromatic nitrogens is 3. The molecule has 0 spiro atoms. The number of likely N-dealkylation sites (tertiary alicyclic amines) is 1. The van der Waals surface area contributed by atoms with Gasteiger partial charge in [0.15, 0.2) is 5.65 Å². The Labute approximate surface area is 154 Å². The summed E-state index contributed by atoms with van der Waals surface area (Å²) in [5, 5.41) is 4.39. The van der Waals surface area contributed by atoms with Gasteiger partial charge in [-0.1, -0.05) is 37.3 Å². The molecular formula is C21H27N5. The largest absolute Gasteiger partial charge is 0.384 e. The van der Waals surface area contributed by atoms with Crippen molar-refractivity contribution in [2.75, 3.05) is 25.4 Å². The van der Waals surface area contributed by atoms with E-state index in [-0.39, 0.29) is 0 Å². The van der Waals surface area contributed by atoms with Crippen LogP contribution < -0.4 is 5.73 Å². The smallest absolute Gasteiger partial charge is 0.157 e. The van der Waals surface area contributed by atoms with E-state index in [1.807, 2.05) is 19.1 Å². The summed E-state index contributed by atoms with van der Waals surface area (Å²) in [6, 6.07) is 14.8. The molecule has 5 heteroatoms. The number of nitrogens with two attached hydrogens (primary N) is 1. The molecule has 1 fully saturated rings. The summed E-state index contributed by atoms with van der Waals surface area (Å²) < 4.78 is 1.73. The maximum absolute atomic E-state index is 6.18. The fourth-order valence-electron chi connectivity index (χ4n) is 4.03. The summed E-state index contributed by atoms with van der Waals surface area (Å²) >= 11 is 0. The molecule has 2 aromatic heterocycles. The molecule has 0 bridgehead atoms. The molecule has 1 aromatic carbocycles. The van der Waals surface area contributed by atoms with Crippen molar-refractivity contribution in [3.05, 3.63) is 59.4 Å². The molecule has 1 aliphatic rings. The molecule has 0 amide bonds. The Hall–Kier alpha value is -2.40. The number of nitrogen functional groups attached to an aromatic ring is 1. The molecule has 2 N–H and O–H groups in total. The summed E-state index contributed by atoms with van der Waals surface area (Å²) in [6.45, 7) is 7.65. The molecule has 0 saturated carbocycles. The molecule has 3 heterocycles. The van der Waals surface area contributed by atoms with Crippen LogP contribution in [0.1, 0.15) is 48.6 Å². The molecule has 1 saturated heterocycles. The van der Waals surface area contributed by atoms with Crippen molar-refractivity contribution in [2.24, 2.45) is 0 Å². The van der Waals surface area contributed by atoms with E-state index >= 15 is 0 Å². The zero-order chi connectivity index (χ0) is 18.1. The van der Waals surface area contributed by atoms with Gasteiger partial charge in [0, 0.05) is 30.3 Å². The second-order valence-electron chi connectivity index (χ2n) is 7.55. The maximum Gasteiger partial charge on any atom is 0.157 e. The zero-order valence-corrected chi connectivity index (χ0v) is 15.6. The summed E-state index contributed by atoms with van der Waals surface area (Å²) in [5.41, 5.74) is 10.5. The summed E-state index contributed by atoms with van der Waals surface area (Å²) in [7, 11) is 0. The molecule has 4 rings (SSSR count). The molecule has 0 unspecified atom stereocenters. The van der Waals surface area contributed by atoms with Gasteiger partial charge in [-0.15, -0.1) is 0 Å². The molecule has 5 nitrogen and oxygen atoms in total. The Kier molecular flexibility index (Phi) is 4.64. The van der Waals surface area contributed by atoms with Gasteiger partial charge in [-0.25, -0.2) is 4.98 Å². The third-order valence-corrected chi connectivity index (χ3v) is 5.50. The van der Waals surface area contributed by atoms with E-state index in [1.54, 1.807) is 4.52 Å². The van der Waals surface area contributed by atoms with Gasteiger partial charge in [-0.3, -0.25) is 0 Å². The predicted molar refractivity (Wildman–Crippen MR) is 105 cm³/mol. The first-order chi connectivity index (χ1) is 12.6. The molecule has 26 heavy (non-hydrogen) atoms. The number of aryl methyl sites for hydroxylation is 1. The molecule has 0 aliphatic carbocycles. The maximum atomic E-state index is 6.18. The Bertz CT molecular complexity index is 878. The summed E-state index contributed by atoms with van der Waals surface area (Å²) in [5.74, 6) is 1.73. The van der Waals surface area contributed by atoms with Crippen LogP contribution in [0.15, 0.2) is 42.5 Å². The summed E-state index contributed by atoms with van der Waals surface area (Å²) in [6.07, 6.45) is 2.27. The summed E-state index contributed by atoms with van der Waals surface area (Å²) in [4.78, 5) is 7.40. The number of benzene rings is 1. The molecular weight excluding hydrogens is 322 g/mol. The van der Waals surface area contributed by atoms with Crippen LogP contribution in [0.5, 0.6) is 0 Å². The first kappa shape index (κ1) is 17.0. The Morgan fingerprint density at radius 3 is 2.62 bits per heavy atom. The van der Waals surface area contributed by atoms with Gasteiger partial charge in [0.25, 0.3) is 0 Å². The number of hydrogen-bond donors (Lipinski definition) is 1. The Balaban J connectivity index is 1.40. The Morgan fingerprint density at radius 1 is 1.15 bits per heavy atom. The van der Waals surface area contributed by atoms with E-state index < -0.39 is 0 Å². The average molecular weight is 349 g/mol. The zero-order valence-electron chi connectivity index (χ0n) is 15.6. The molecule has 0 radical (unpaired) electrons. The molecule has 3 aromatic rings. The third-order valence-electron chi connectivity index (χ3n) is 5.50. The lowest BCUT2D eigenvalue weighted by molar-refractivity contribution is 0.202. The van der Waals surface area contributed by atoms with Gasteiger partial charge in [-0.05, 0) is 44.3 Å². The van der Waals surface area contributed by atoms with Gasteiger partial charge in [0.1, 0.15) is 5.82 Å². The molecule has 1 aliphatic heterocycles. The third kappa shape index (κ3) is 3.44. The standard InChI is InChI=1S/C21H27N5/c1-15(17-6-4-3-5-7-17)14-25-10-8-18(9-11-25)19-13-20(22)26-21(23-19)12-16(2)24-26/h3-7,12-13,15,18H,8-11,14,22H2,1-2H3/t15-/m1/s1. The van der Waals surface area contributed by atoms with Crippen LogP contribution in [0.4, 0.5) is 5.82 Å². The van der Waals surface area contributed by atoms with Gasteiger partial charge in [0.2, 0.25) is 0 Å². The number of anilines is 1. The highest BCUT2D eigenvalue weighted by Crippen LogP contribution is 2.29. The minimum Gasteiger partial charge on any atom is -0.384 e. The van der Waals surface area contributed by atoms with Crippen molar-refractivity contribution in [1.82, 2.24) is 19.5 Å². The quantitative estimate of drug-likeness (QED) is 0.782. The van der Waals surface area contributed by atoms with Crippen molar-refractivity contribution in [3.8, 4) is 0 Å². The van der Waals surface area contributed by atoms with Crippen molar-refractivity contribution in [1.29, 1.82) is 0 Å². The number of hydrogen-bond acceptors (Lipinski definition) is 4. The normalized spacial score (nSPS) is 17.6. The van der Waals surface area contributed by atoms with Crippen LogP contribution in [-0.2, 0) is 0 Å². The highest BCUT2D eigenvalue weighted by molar-refractivity contribution is 5.48. The number of fused-ring (bicyclic) bond motifs is 1. The number of nitrogens with zero attached hydrogens (tertiary/aromatic N) is 4. The van der Waals surface area contributed by atoms with Crippen molar-refractivity contribution in [3.63, 3.8) is 0 Å². The monoisotopic (exact) mass is 349 g/mol. The van der Waals surface area contributed by atoms with E-state index in [9.17, 15) is 0 Å². The van der Waals surface area contributed by atoms with Crippen LogP contribution in [0.25, 0.3) is 5.65 Å². The van der Waals surface area contributed by atoms with Gasteiger partial charge >= 0.3 is 0 Å². The van der Waals surface area contributed by atoms with Gasteiger partial charge < -0.3 is 10.6 Å². The van der Waals surface area contributed by atoms with E-state index in [0.717, 1.165) is 49.5 Å².